The molecule has 1 fully saturated rings. The highest BCUT2D eigenvalue weighted by molar-refractivity contribution is 6.30. The first-order valence-corrected chi connectivity index (χ1v) is 8.02. The van der Waals surface area contributed by atoms with Gasteiger partial charge in [-0.3, -0.25) is 9.56 Å². The molecule has 126 valence electrons. The predicted octanol–water partition coefficient (Wildman–Crippen LogP) is 1.98. The van der Waals surface area contributed by atoms with E-state index >= 15 is 0 Å². The van der Waals surface area contributed by atoms with Gasteiger partial charge in [0.15, 0.2) is 0 Å². The maximum atomic E-state index is 6.12. The van der Waals surface area contributed by atoms with Crippen LogP contribution in [0.4, 0.5) is 5.82 Å². The molecule has 2 aromatic heterocycles. The molecule has 0 radical (unpaired) electrons. The zero-order valence-corrected chi connectivity index (χ0v) is 14.5. The molecule has 2 N–H and O–H groups in total. The summed E-state index contributed by atoms with van der Waals surface area (Å²) >= 11 is 6.12. The number of methoxy groups -OCH3 is 1. The number of hydrogen-bond donors (Lipinski definition) is 2. The average Bonchev–Trinajstić information content (AvgIpc) is 2.57. The van der Waals surface area contributed by atoms with E-state index in [2.05, 4.69) is 27.2 Å². The fourth-order valence-electron chi connectivity index (χ4n) is 2.43. The maximum absolute atomic E-state index is 6.12. The number of rotatable bonds is 5. The molecule has 7 heteroatoms. The van der Waals surface area contributed by atoms with Gasteiger partial charge in [0, 0.05) is 38.5 Å². The first-order valence-electron chi connectivity index (χ1n) is 7.64. The smallest absolute Gasteiger partial charge is 0.131 e. The summed E-state index contributed by atoms with van der Waals surface area (Å²) in [5, 5.41) is 7.21. The van der Waals surface area contributed by atoms with Crippen molar-refractivity contribution in [3.63, 3.8) is 0 Å². The molecule has 0 saturated carbocycles. The zero-order chi connectivity index (χ0) is 17.1. The number of pyridine rings is 2. The number of hydrogen-bond acceptors (Lipinski definition) is 5. The quantitative estimate of drug-likeness (QED) is 0.869. The van der Waals surface area contributed by atoms with Gasteiger partial charge in [0.2, 0.25) is 0 Å². The molecule has 1 aliphatic rings. The minimum Gasteiger partial charge on any atom is -0.497 e. The highest BCUT2D eigenvalue weighted by atomic mass is 35.5. The molecular weight excluding hydrogens is 326 g/mol. The van der Waals surface area contributed by atoms with E-state index in [0.29, 0.717) is 28.2 Å². The Balaban J connectivity index is 1.99. The van der Waals surface area contributed by atoms with Crippen LogP contribution in [-0.4, -0.2) is 42.8 Å². The molecule has 1 saturated heterocycles. The SMILES string of the molecule is C=C(c1cc(OC)cc(NC2CNC2)n1)n1cc(Cl)cc/c1=N/C. The first kappa shape index (κ1) is 16.5. The fourth-order valence-corrected chi connectivity index (χ4v) is 2.59. The van der Waals surface area contributed by atoms with E-state index in [1.165, 1.54) is 0 Å². The standard InChI is InChI=1S/C17H20ClN5O/c1-11(23-10-12(18)4-5-17(23)19-2)15-6-14(24-3)7-16(22-15)21-13-8-20-9-13/h4-7,10,13,20H,1,8-9H2,2-3H3,(H,21,22)/b19-17-. The normalized spacial score (nSPS) is 15.0. The molecule has 2 aromatic rings. The van der Waals surface area contributed by atoms with Crippen molar-refractivity contribution in [2.75, 3.05) is 32.6 Å². The largest absolute Gasteiger partial charge is 0.497 e. The van der Waals surface area contributed by atoms with E-state index in [9.17, 15) is 0 Å². The van der Waals surface area contributed by atoms with E-state index in [1.807, 2.05) is 22.8 Å². The molecule has 3 rings (SSSR count). The van der Waals surface area contributed by atoms with E-state index in [-0.39, 0.29) is 0 Å². The van der Waals surface area contributed by atoms with Gasteiger partial charge in [-0.05, 0) is 12.1 Å². The third-order valence-corrected chi connectivity index (χ3v) is 4.10. The Morgan fingerprint density at radius 1 is 1.46 bits per heavy atom. The summed E-state index contributed by atoms with van der Waals surface area (Å²) in [5.74, 6) is 1.48. The van der Waals surface area contributed by atoms with Gasteiger partial charge >= 0.3 is 0 Å². The second-order valence-electron chi connectivity index (χ2n) is 5.52. The summed E-state index contributed by atoms with van der Waals surface area (Å²) in [6.07, 6.45) is 1.77. The van der Waals surface area contributed by atoms with Crippen molar-refractivity contribution >= 4 is 23.1 Å². The average molecular weight is 346 g/mol. The van der Waals surface area contributed by atoms with Crippen LogP contribution in [0.1, 0.15) is 5.69 Å². The highest BCUT2D eigenvalue weighted by Crippen LogP contribution is 2.23. The Kier molecular flexibility index (Phi) is 4.87. The lowest BCUT2D eigenvalue weighted by Gasteiger charge is -2.28. The number of aromatic nitrogens is 2. The summed E-state index contributed by atoms with van der Waals surface area (Å²) in [6, 6.07) is 7.74. The first-order chi connectivity index (χ1) is 11.6. The summed E-state index contributed by atoms with van der Waals surface area (Å²) in [5.41, 5.74) is 2.11. The molecule has 0 unspecified atom stereocenters. The Morgan fingerprint density at radius 3 is 2.88 bits per heavy atom. The summed E-state index contributed by atoms with van der Waals surface area (Å²) < 4.78 is 7.22. The second-order valence-corrected chi connectivity index (χ2v) is 5.96. The Labute approximate surface area is 145 Å². The minimum atomic E-state index is 0.380. The molecule has 24 heavy (non-hydrogen) atoms. The summed E-state index contributed by atoms with van der Waals surface area (Å²) in [4.78, 5) is 8.92. The van der Waals surface area contributed by atoms with Crippen LogP contribution < -0.4 is 20.9 Å². The number of nitrogens with one attached hydrogen (secondary N) is 2. The minimum absolute atomic E-state index is 0.380. The summed E-state index contributed by atoms with van der Waals surface area (Å²) in [7, 11) is 3.36. The number of ether oxygens (including phenoxy) is 1. The van der Waals surface area contributed by atoms with Gasteiger partial charge in [-0.1, -0.05) is 18.2 Å². The lowest BCUT2D eigenvalue weighted by Crippen LogP contribution is -2.51. The van der Waals surface area contributed by atoms with Crippen LogP contribution in [0.25, 0.3) is 5.70 Å². The summed E-state index contributed by atoms with van der Waals surface area (Å²) in [6.45, 7) is 6.02. The second kappa shape index (κ2) is 7.07. The molecule has 0 aliphatic carbocycles. The van der Waals surface area contributed by atoms with Crippen molar-refractivity contribution in [1.29, 1.82) is 0 Å². The lowest BCUT2D eigenvalue weighted by atomic mass is 10.2. The molecule has 0 atom stereocenters. The highest BCUT2D eigenvalue weighted by Gasteiger charge is 2.18. The van der Waals surface area contributed by atoms with Crippen LogP contribution in [0.3, 0.4) is 0 Å². The number of anilines is 1. The van der Waals surface area contributed by atoms with E-state index in [1.54, 1.807) is 26.4 Å². The molecule has 0 amide bonds. The topological polar surface area (TPSA) is 63.5 Å². The van der Waals surface area contributed by atoms with Crippen molar-refractivity contribution < 1.29 is 4.74 Å². The van der Waals surface area contributed by atoms with Crippen LogP contribution in [-0.2, 0) is 0 Å². The van der Waals surface area contributed by atoms with Crippen molar-refractivity contribution in [3.8, 4) is 5.75 Å². The fraction of sp³-hybridized carbons (Fsp3) is 0.294. The number of halogens is 1. The molecule has 1 aliphatic heterocycles. The van der Waals surface area contributed by atoms with Crippen LogP contribution in [0.15, 0.2) is 42.0 Å². The van der Waals surface area contributed by atoms with Crippen molar-refractivity contribution in [3.05, 3.63) is 53.2 Å². The molecule has 3 heterocycles. The zero-order valence-electron chi connectivity index (χ0n) is 13.7. The van der Waals surface area contributed by atoms with Crippen molar-refractivity contribution in [2.45, 2.75) is 6.04 Å². The van der Waals surface area contributed by atoms with Crippen LogP contribution >= 0.6 is 11.6 Å². The van der Waals surface area contributed by atoms with Gasteiger partial charge in [0.1, 0.15) is 17.1 Å². The van der Waals surface area contributed by atoms with Gasteiger partial charge in [0.05, 0.1) is 29.6 Å². The van der Waals surface area contributed by atoms with E-state index in [4.69, 9.17) is 16.3 Å². The maximum Gasteiger partial charge on any atom is 0.131 e. The van der Waals surface area contributed by atoms with Crippen LogP contribution in [0, 0.1) is 0 Å². The van der Waals surface area contributed by atoms with E-state index < -0.39 is 0 Å². The third kappa shape index (κ3) is 3.44. The molecule has 0 aromatic carbocycles. The van der Waals surface area contributed by atoms with Gasteiger partial charge in [-0.25, -0.2) is 4.98 Å². The third-order valence-electron chi connectivity index (χ3n) is 3.87. The van der Waals surface area contributed by atoms with Crippen LogP contribution in [0.5, 0.6) is 5.75 Å². The Hall–Kier alpha value is -2.31. The van der Waals surface area contributed by atoms with Gasteiger partial charge < -0.3 is 15.4 Å². The predicted molar refractivity (Wildman–Crippen MR) is 96.4 cm³/mol. The Bertz CT molecular complexity index is 826. The molecule has 6 nitrogen and oxygen atoms in total. The van der Waals surface area contributed by atoms with Crippen molar-refractivity contribution in [1.82, 2.24) is 14.9 Å². The van der Waals surface area contributed by atoms with Gasteiger partial charge in [-0.15, -0.1) is 0 Å². The van der Waals surface area contributed by atoms with E-state index in [0.717, 1.165) is 24.4 Å². The Morgan fingerprint density at radius 2 is 2.25 bits per heavy atom. The molecular formula is C17H20ClN5O. The van der Waals surface area contributed by atoms with Crippen molar-refractivity contribution in [2.24, 2.45) is 4.99 Å². The molecule has 0 bridgehead atoms. The van der Waals surface area contributed by atoms with Crippen LogP contribution in [0.2, 0.25) is 5.02 Å². The monoisotopic (exact) mass is 345 g/mol. The number of nitrogens with zero attached hydrogens (tertiary/aromatic N) is 3. The molecule has 0 spiro atoms. The van der Waals surface area contributed by atoms with Gasteiger partial charge in [0.25, 0.3) is 0 Å². The van der Waals surface area contributed by atoms with Gasteiger partial charge in [-0.2, -0.15) is 0 Å². The lowest BCUT2D eigenvalue weighted by molar-refractivity contribution is 0.413.